The molecule has 0 amide bonds. The van der Waals surface area contributed by atoms with Crippen molar-refractivity contribution in [3.63, 3.8) is 0 Å². The highest BCUT2D eigenvalue weighted by molar-refractivity contribution is 5.69. The van der Waals surface area contributed by atoms with Crippen molar-refractivity contribution < 1.29 is 18.3 Å². The van der Waals surface area contributed by atoms with Crippen molar-refractivity contribution in [1.82, 2.24) is 4.90 Å². The summed E-state index contributed by atoms with van der Waals surface area (Å²) < 4.78 is 30.6. The second-order valence-corrected chi connectivity index (χ2v) is 3.97. The van der Waals surface area contributed by atoms with E-state index in [1.165, 1.54) is 19.2 Å². The van der Waals surface area contributed by atoms with Crippen molar-refractivity contribution in [3.8, 4) is 0 Å². The first-order valence-electron chi connectivity index (χ1n) is 5.79. The minimum absolute atomic E-state index is 0.266. The van der Waals surface area contributed by atoms with Gasteiger partial charge in [-0.25, -0.2) is 8.78 Å². The van der Waals surface area contributed by atoms with Gasteiger partial charge in [-0.2, -0.15) is 0 Å². The molecule has 0 saturated heterocycles. The number of methoxy groups -OCH3 is 1. The first-order valence-corrected chi connectivity index (χ1v) is 5.79. The fourth-order valence-corrected chi connectivity index (χ4v) is 1.66. The van der Waals surface area contributed by atoms with Crippen LogP contribution in [-0.4, -0.2) is 31.1 Å². The van der Waals surface area contributed by atoms with E-state index in [9.17, 15) is 13.6 Å². The quantitative estimate of drug-likeness (QED) is 0.733. The molecule has 3 nitrogen and oxygen atoms in total. The molecule has 1 aromatic rings. The lowest BCUT2D eigenvalue weighted by atomic mass is 10.2. The maximum atomic E-state index is 13.0. The molecule has 18 heavy (non-hydrogen) atoms. The molecule has 0 atom stereocenters. The molecule has 0 N–H and O–H groups in total. The lowest BCUT2D eigenvalue weighted by Gasteiger charge is -2.19. The first-order chi connectivity index (χ1) is 8.55. The number of rotatable bonds is 6. The Labute approximate surface area is 105 Å². The molecule has 0 fully saturated rings. The second-order valence-electron chi connectivity index (χ2n) is 3.97. The van der Waals surface area contributed by atoms with Crippen LogP contribution in [0.5, 0.6) is 0 Å². The molecule has 100 valence electrons. The van der Waals surface area contributed by atoms with Crippen LogP contribution in [0, 0.1) is 11.6 Å². The Morgan fingerprint density at radius 2 is 1.89 bits per heavy atom. The van der Waals surface area contributed by atoms with E-state index in [0.29, 0.717) is 25.2 Å². The topological polar surface area (TPSA) is 29.5 Å². The maximum absolute atomic E-state index is 13.0. The second kappa shape index (κ2) is 7.06. The molecular formula is C13H17F2NO2. The monoisotopic (exact) mass is 257 g/mol. The molecule has 0 spiro atoms. The summed E-state index contributed by atoms with van der Waals surface area (Å²) in [4.78, 5) is 12.9. The lowest BCUT2D eigenvalue weighted by Crippen LogP contribution is -2.26. The number of ether oxygens (including phenoxy) is 1. The molecule has 0 saturated carbocycles. The predicted octanol–water partition coefficient (Wildman–Crippen LogP) is 2.35. The van der Waals surface area contributed by atoms with Gasteiger partial charge in [0.1, 0.15) is 11.6 Å². The summed E-state index contributed by atoms with van der Waals surface area (Å²) in [5.41, 5.74) is 0.555. The average molecular weight is 257 g/mol. The van der Waals surface area contributed by atoms with Gasteiger partial charge in [-0.3, -0.25) is 9.69 Å². The van der Waals surface area contributed by atoms with Crippen molar-refractivity contribution >= 4 is 5.97 Å². The first kappa shape index (κ1) is 14.6. The van der Waals surface area contributed by atoms with E-state index in [1.807, 2.05) is 11.8 Å². The standard InChI is InChI=1S/C13H17F2NO2/c1-3-16(5-4-13(17)18-2)9-10-6-11(14)8-12(15)7-10/h6-8H,3-5,9H2,1-2H3. The fraction of sp³-hybridized carbons (Fsp3) is 0.462. The van der Waals surface area contributed by atoms with E-state index in [-0.39, 0.29) is 12.4 Å². The van der Waals surface area contributed by atoms with Crippen LogP contribution in [-0.2, 0) is 16.1 Å². The van der Waals surface area contributed by atoms with Gasteiger partial charge < -0.3 is 4.74 Å². The Balaban J connectivity index is 2.59. The van der Waals surface area contributed by atoms with Gasteiger partial charge in [-0.15, -0.1) is 0 Å². The molecule has 1 rings (SSSR count). The van der Waals surface area contributed by atoms with Gasteiger partial charge in [-0.1, -0.05) is 6.92 Å². The molecule has 0 heterocycles. The molecule has 0 aliphatic rings. The van der Waals surface area contributed by atoms with Gasteiger partial charge in [0.25, 0.3) is 0 Å². The normalized spacial score (nSPS) is 10.7. The summed E-state index contributed by atoms with van der Waals surface area (Å²) in [6, 6.07) is 3.43. The van der Waals surface area contributed by atoms with Crippen LogP contribution in [0.2, 0.25) is 0 Å². The van der Waals surface area contributed by atoms with Crippen LogP contribution in [0.3, 0.4) is 0 Å². The number of nitrogens with zero attached hydrogens (tertiary/aromatic N) is 1. The molecule has 0 aliphatic carbocycles. The Bertz CT molecular complexity index is 390. The Hall–Kier alpha value is -1.49. The third kappa shape index (κ3) is 4.79. The van der Waals surface area contributed by atoms with Gasteiger partial charge in [0.15, 0.2) is 0 Å². The van der Waals surface area contributed by atoms with Gasteiger partial charge in [0, 0.05) is 19.2 Å². The Kier molecular flexibility index (Phi) is 5.71. The van der Waals surface area contributed by atoms with Crippen molar-refractivity contribution in [1.29, 1.82) is 0 Å². The summed E-state index contributed by atoms with van der Waals surface area (Å²) in [7, 11) is 1.33. The van der Waals surface area contributed by atoms with Crippen molar-refractivity contribution in [2.24, 2.45) is 0 Å². The number of halogens is 2. The minimum atomic E-state index is -0.589. The van der Waals surface area contributed by atoms with Gasteiger partial charge >= 0.3 is 5.97 Å². The third-order valence-corrected chi connectivity index (χ3v) is 2.64. The zero-order chi connectivity index (χ0) is 13.5. The molecule has 5 heteroatoms. The van der Waals surface area contributed by atoms with E-state index >= 15 is 0 Å². The Morgan fingerprint density at radius 1 is 1.28 bits per heavy atom. The number of hydrogen-bond donors (Lipinski definition) is 0. The summed E-state index contributed by atoms with van der Waals surface area (Å²) in [5.74, 6) is -1.47. The van der Waals surface area contributed by atoms with Crippen molar-refractivity contribution in [2.75, 3.05) is 20.2 Å². The number of esters is 1. The molecule has 0 aliphatic heterocycles. The molecule has 1 aromatic carbocycles. The molecule has 0 radical (unpaired) electrons. The van der Waals surface area contributed by atoms with Crippen molar-refractivity contribution in [2.45, 2.75) is 19.9 Å². The molecule has 0 unspecified atom stereocenters. The van der Waals surface area contributed by atoms with Crippen LogP contribution in [0.4, 0.5) is 8.78 Å². The van der Waals surface area contributed by atoms with Crippen LogP contribution in [0.25, 0.3) is 0 Å². The molecular weight excluding hydrogens is 240 g/mol. The zero-order valence-corrected chi connectivity index (χ0v) is 10.6. The summed E-state index contributed by atoms with van der Waals surface area (Å²) in [6.45, 7) is 3.52. The zero-order valence-electron chi connectivity index (χ0n) is 10.6. The highest BCUT2D eigenvalue weighted by atomic mass is 19.1. The number of carbonyl (C=O) groups excluding carboxylic acids is 1. The van der Waals surface area contributed by atoms with E-state index in [4.69, 9.17) is 0 Å². The summed E-state index contributed by atoms with van der Waals surface area (Å²) in [6.07, 6.45) is 0.266. The largest absolute Gasteiger partial charge is 0.469 e. The smallest absolute Gasteiger partial charge is 0.306 e. The van der Waals surface area contributed by atoms with E-state index in [0.717, 1.165) is 6.07 Å². The summed E-state index contributed by atoms with van der Waals surface area (Å²) in [5, 5.41) is 0. The lowest BCUT2D eigenvalue weighted by molar-refractivity contribution is -0.141. The predicted molar refractivity (Wildman–Crippen MR) is 63.9 cm³/mol. The SMILES string of the molecule is CCN(CCC(=O)OC)Cc1cc(F)cc(F)c1. The highest BCUT2D eigenvalue weighted by Gasteiger charge is 2.09. The minimum Gasteiger partial charge on any atom is -0.469 e. The molecule has 0 bridgehead atoms. The fourth-order valence-electron chi connectivity index (χ4n) is 1.66. The Morgan fingerprint density at radius 3 is 2.39 bits per heavy atom. The van der Waals surface area contributed by atoms with Crippen LogP contribution < -0.4 is 0 Å². The number of hydrogen-bond acceptors (Lipinski definition) is 3. The van der Waals surface area contributed by atoms with Crippen LogP contribution in [0.15, 0.2) is 18.2 Å². The van der Waals surface area contributed by atoms with Crippen LogP contribution in [0.1, 0.15) is 18.9 Å². The highest BCUT2D eigenvalue weighted by Crippen LogP contribution is 2.11. The summed E-state index contributed by atoms with van der Waals surface area (Å²) >= 11 is 0. The van der Waals surface area contributed by atoms with Crippen LogP contribution >= 0.6 is 0 Å². The number of benzene rings is 1. The van der Waals surface area contributed by atoms with E-state index in [1.54, 1.807) is 0 Å². The van der Waals surface area contributed by atoms with Gasteiger partial charge in [0.2, 0.25) is 0 Å². The van der Waals surface area contributed by atoms with Crippen molar-refractivity contribution in [3.05, 3.63) is 35.4 Å². The van der Waals surface area contributed by atoms with Gasteiger partial charge in [-0.05, 0) is 24.2 Å². The average Bonchev–Trinajstić information content (AvgIpc) is 2.32. The molecule has 0 aromatic heterocycles. The maximum Gasteiger partial charge on any atom is 0.306 e. The van der Waals surface area contributed by atoms with Gasteiger partial charge in [0.05, 0.1) is 13.5 Å². The number of carbonyl (C=O) groups is 1. The van der Waals surface area contributed by atoms with E-state index in [2.05, 4.69) is 4.74 Å². The third-order valence-electron chi connectivity index (χ3n) is 2.64. The van der Waals surface area contributed by atoms with E-state index < -0.39 is 11.6 Å².